The Labute approximate surface area is 190 Å². The first-order chi connectivity index (χ1) is 15.4. The summed E-state index contributed by atoms with van der Waals surface area (Å²) in [5.74, 6) is -2.42. The summed E-state index contributed by atoms with van der Waals surface area (Å²) in [6, 6.07) is 20.2. The first-order valence-corrected chi connectivity index (χ1v) is 10.3. The summed E-state index contributed by atoms with van der Waals surface area (Å²) in [5, 5.41) is 11.8. The molecular formula is C26H24F3NO3. The molecule has 0 spiro atoms. The lowest BCUT2D eigenvalue weighted by Gasteiger charge is -2.34. The van der Waals surface area contributed by atoms with Gasteiger partial charge in [-0.2, -0.15) is 5.26 Å². The molecule has 0 saturated carbocycles. The van der Waals surface area contributed by atoms with Gasteiger partial charge in [-0.1, -0.05) is 60.7 Å². The molecule has 3 rings (SSSR count). The molecule has 4 nitrogen and oxygen atoms in total. The van der Waals surface area contributed by atoms with Crippen molar-refractivity contribution in [3.8, 4) is 11.8 Å². The molecule has 2 unspecified atom stereocenters. The minimum Gasteiger partial charge on any atom is -0.459 e. The summed E-state index contributed by atoms with van der Waals surface area (Å²) in [4.78, 5) is 13.3. The molecule has 3 aromatic carbocycles. The van der Waals surface area contributed by atoms with E-state index in [1.165, 1.54) is 25.1 Å². The van der Waals surface area contributed by atoms with Crippen LogP contribution in [0.4, 0.5) is 13.2 Å². The zero-order chi connectivity index (χ0) is 24.4. The molecule has 0 aliphatic carbocycles. The first-order valence-electron chi connectivity index (χ1n) is 10.3. The number of ether oxygens (including phenoxy) is 2. The van der Waals surface area contributed by atoms with Gasteiger partial charge in [0.15, 0.2) is 5.41 Å². The fourth-order valence-electron chi connectivity index (χ4n) is 3.84. The molecule has 7 heteroatoms. The van der Waals surface area contributed by atoms with Gasteiger partial charge in [0, 0.05) is 11.5 Å². The lowest BCUT2D eigenvalue weighted by Crippen LogP contribution is -2.40. The predicted molar refractivity (Wildman–Crippen MR) is 118 cm³/mol. The van der Waals surface area contributed by atoms with Crippen molar-refractivity contribution < 1.29 is 27.4 Å². The van der Waals surface area contributed by atoms with Gasteiger partial charge in [-0.15, -0.1) is 13.2 Å². The molecule has 0 amide bonds. The van der Waals surface area contributed by atoms with Gasteiger partial charge in [-0.25, -0.2) is 0 Å². The van der Waals surface area contributed by atoms with E-state index in [-0.39, 0.29) is 5.56 Å². The van der Waals surface area contributed by atoms with Crippen molar-refractivity contribution in [2.24, 2.45) is 5.41 Å². The highest BCUT2D eigenvalue weighted by Gasteiger charge is 2.48. The van der Waals surface area contributed by atoms with Crippen LogP contribution in [0.3, 0.4) is 0 Å². The highest BCUT2D eigenvalue weighted by Crippen LogP contribution is 2.48. The number of halogens is 3. The molecule has 33 heavy (non-hydrogen) atoms. The van der Waals surface area contributed by atoms with E-state index in [1.807, 2.05) is 24.3 Å². The van der Waals surface area contributed by atoms with Crippen molar-refractivity contribution in [2.45, 2.75) is 45.6 Å². The number of fused-ring (bicyclic) bond motifs is 1. The molecule has 172 valence electrons. The van der Waals surface area contributed by atoms with Crippen molar-refractivity contribution in [3.63, 3.8) is 0 Å². The lowest BCUT2D eigenvalue weighted by atomic mass is 9.69. The average molecular weight is 455 g/mol. The van der Waals surface area contributed by atoms with Gasteiger partial charge in [-0.3, -0.25) is 4.79 Å². The summed E-state index contributed by atoms with van der Waals surface area (Å²) in [6.07, 6.45) is -4.95. The third kappa shape index (κ3) is 5.28. The van der Waals surface area contributed by atoms with Gasteiger partial charge in [0.2, 0.25) is 0 Å². The summed E-state index contributed by atoms with van der Waals surface area (Å²) in [5.41, 5.74) is -2.19. The smallest absolute Gasteiger partial charge is 0.459 e. The van der Waals surface area contributed by atoms with Crippen LogP contribution in [-0.4, -0.2) is 17.9 Å². The van der Waals surface area contributed by atoms with Gasteiger partial charge in [-0.05, 0) is 50.1 Å². The Balaban J connectivity index is 2.34. The molecule has 0 aromatic heterocycles. The Morgan fingerprint density at radius 3 is 2.09 bits per heavy atom. The topological polar surface area (TPSA) is 59.3 Å². The van der Waals surface area contributed by atoms with Crippen molar-refractivity contribution in [2.75, 3.05) is 0 Å². The minimum atomic E-state index is -4.95. The van der Waals surface area contributed by atoms with Crippen molar-refractivity contribution in [1.82, 2.24) is 0 Å². The first kappa shape index (κ1) is 24.1. The summed E-state index contributed by atoms with van der Waals surface area (Å²) in [7, 11) is 0. The number of nitriles is 1. The van der Waals surface area contributed by atoms with Gasteiger partial charge in [0.05, 0.1) is 6.07 Å². The van der Waals surface area contributed by atoms with Crippen molar-refractivity contribution in [1.29, 1.82) is 5.26 Å². The Hall–Kier alpha value is -3.53. The van der Waals surface area contributed by atoms with E-state index in [1.54, 1.807) is 51.1 Å². The normalized spacial score (nSPS) is 14.7. The number of alkyl halides is 3. The minimum absolute atomic E-state index is 0.0566. The second-order valence-corrected chi connectivity index (χ2v) is 8.90. The Bertz CT molecular complexity index is 1200. The number of para-hydroxylation sites is 1. The second kappa shape index (κ2) is 8.78. The summed E-state index contributed by atoms with van der Waals surface area (Å²) >= 11 is 0. The van der Waals surface area contributed by atoms with Crippen LogP contribution in [0.1, 0.15) is 44.7 Å². The third-order valence-corrected chi connectivity index (χ3v) is 5.22. The molecular weight excluding hydrogens is 431 g/mol. The van der Waals surface area contributed by atoms with Crippen LogP contribution in [0, 0.1) is 16.7 Å². The Morgan fingerprint density at radius 2 is 1.45 bits per heavy atom. The van der Waals surface area contributed by atoms with Crippen LogP contribution in [0.5, 0.6) is 5.75 Å². The lowest BCUT2D eigenvalue weighted by molar-refractivity contribution is -0.275. The maximum absolute atomic E-state index is 13.3. The molecule has 0 aliphatic heterocycles. The average Bonchev–Trinajstić information content (AvgIpc) is 2.72. The fraction of sp³-hybridized carbons (Fsp3) is 0.308. The molecule has 0 heterocycles. The zero-order valence-electron chi connectivity index (χ0n) is 18.7. The van der Waals surface area contributed by atoms with Crippen LogP contribution < -0.4 is 4.74 Å². The molecule has 0 N–H and O–H groups in total. The standard InChI is InChI=1S/C26H24F3NO3/c1-24(2,3)33-23(31)25(4,16-30)22(19-14-9-11-17-10-5-6-12-18(17)19)20-13-7-8-15-21(20)32-26(27,28)29/h5-15,22H,1-4H3. The maximum atomic E-state index is 13.3. The molecule has 0 bridgehead atoms. The largest absolute Gasteiger partial charge is 0.573 e. The number of carbonyl (C=O) groups excluding carboxylic acids is 1. The van der Waals surface area contributed by atoms with Crippen molar-refractivity contribution >= 4 is 16.7 Å². The monoisotopic (exact) mass is 455 g/mol. The molecule has 0 fully saturated rings. The summed E-state index contributed by atoms with van der Waals surface area (Å²) < 4.78 is 49.5. The highest BCUT2D eigenvalue weighted by molar-refractivity contribution is 5.89. The highest BCUT2D eigenvalue weighted by atomic mass is 19.4. The van der Waals surface area contributed by atoms with E-state index >= 15 is 0 Å². The number of carbonyl (C=O) groups is 1. The number of esters is 1. The van der Waals surface area contributed by atoms with E-state index < -0.39 is 35.0 Å². The Morgan fingerprint density at radius 1 is 0.879 bits per heavy atom. The number of benzene rings is 3. The molecule has 2 atom stereocenters. The second-order valence-electron chi connectivity index (χ2n) is 8.90. The number of hydrogen-bond acceptors (Lipinski definition) is 4. The van der Waals surface area contributed by atoms with E-state index in [4.69, 9.17) is 4.74 Å². The zero-order valence-corrected chi connectivity index (χ0v) is 18.7. The van der Waals surface area contributed by atoms with Crippen LogP contribution in [0.25, 0.3) is 10.8 Å². The number of hydrogen-bond donors (Lipinski definition) is 0. The molecule has 3 aromatic rings. The van der Waals surface area contributed by atoms with Crippen LogP contribution in [0.15, 0.2) is 66.7 Å². The van der Waals surface area contributed by atoms with Gasteiger partial charge >= 0.3 is 12.3 Å². The third-order valence-electron chi connectivity index (χ3n) is 5.22. The Kier molecular flexibility index (Phi) is 6.42. The van der Waals surface area contributed by atoms with Crippen LogP contribution in [-0.2, 0) is 9.53 Å². The molecule has 0 aliphatic rings. The van der Waals surface area contributed by atoms with E-state index in [2.05, 4.69) is 4.74 Å². The van der Waals surface area contributed by atoms with E-state index in [0.717, 1.165) is 5.39 Å². The quantitative estimate of drug-likeness (QED) is 0.400. The van der Waals surface area contributed by atoms with Gasteiger partial charge in [0.25, 0.3) is 0 Å². The van der Waals surface area contributed by atoms with E-state index in [9.17, 15) is 23.2 Å². The number of nitrogens with zero attached hydrogens (tertiary/aromatic N) is 1. The maximum Gasteiger partial charge on any atom is 0.573 e. The molecule has 0 saturated heterocycles. The molecule has 0 radical (unpaired) electrons. The van der Waals surface area contributed by atoms with Crippen LogP contribution >= 0.6 is 0 Å². The van der Waals surface area contributed by atoms with Gasteiger partial charge in [0.1, 0.15) is 11.4 Å². The predicted octanol–water partition coefficient (Wildman–Crippen LogP) is 6.74. The number of rotatable bonds is 5. The van der Waals surface area contributed by atoms with Gasteiger partial charge < -0.3 is 9.47 Å². The fourth-order valence-corrected chi connectivity index (χ4v) is 3.84. The van der Waals surface area contributed by atoms with Crippen LogP contribution in [0.2, 0.25) is 0 Å². The van der Waals surface area contributed by atoms with Crippen molar-refractivity contribution in [3.05, 3.63) is 77.9 Å². The summed E-state index contributed by atoms with van der Waals surface area (Å²) in [6.45, 7) is 6.38. The SMILES string of the molecule is CC(C)(C)OC(=O)C(C)(C#N)C(c1ccccc1OC(F)(F)F)c1cccc2ccccc12. The van der Waals surface area contributed by atoms with E-state index in [0.29, 0.717) is 10.9 Å².